The first-order chi connectivity index (χ1) is 8.76. The van der Waals surface area contributed by atoms with Gasteiger partial charge in [0.25, 0.3) is 0 Å². The van der Waals surface area contributed by atoms with E-state index in [1.807, 2.05) is 6.08 Å². The smallest absolute Gasteiger partial charge is 0.191 e. The van der Waals surface area contributed by atoms with Crippen molar-refractivity contribution >= 4 is 5.96 Å². The minimum atomic E-state index is 0.332. The Morgan fingerprint density at radius 1 is 1.33 bits per heavy atom. The van der Waals surface area contributed by atoms with Crippen molar-refractivity contribution in [2.24, 2.45) is 16.1 Å². The van der Waals surface area contributed by atoms with Crippen LogP contribution in [0.2, 0.25) is 0 Å². The van der Waals surface area contributed by atoms with Crippen molar-refractivity contribution in [1.29, 1.82) is 0 Å². The highest BCUT2D eigenvalue weighted by Crippen LogP contribution is 2.41. The van der Waals surface area contributed by atoms with Crippen LogP contribution in [0.5, 0.6) is 0 Å². The molecule has 4 heteroatoms. The third-order valence-corrected chi connectivity index (χ3v) is 4.15. The van der Waals surface area contributed by atoms with Crippen molar-refractivity contribution in [2.45, 2.75) is 32.1 Å². The Balaban J connectivity index is 1.92. The molecule has 1 aliphatic heterocycles. The predicted molar refractivity (Wildman–Crippen MR) is 74.6 cm³/mol. The number of hydrogen-bond acceptors (Lipinski definition) is 2. The largest absolute Gasteiger partial charge is 0.378 e. The van der Waals surface area contributed by atoms with Crippen LogP contribution in [0.25, 0.3) is 0 Å². The predicted octanol–water partition coefficient (Wildman–Crippen LogP) is 1.77. The zero-order chi connectivity index (χ0) is 12.8. The number of allylic oxidation sites excluding steroid dienone is 1. The van der Waals surface area contributed by atoms with E-state index in [0.717, 1.165) is 39.3 Å². The first-order valence-corrected chi connectivity index (χ1v) is 6.99. The van der Waals surface area contributed by atoms with Crippen LogP contribution in [0.15, 0.2) is 17.6 Å². The van der Waals surface area contributed by atoms with Crippen molar-refractivity contribution in [3.63, 3.8) is 0 Å². The Labute approximate surface area is 110 Å². The zero-order valence-electron chi connectivity index (χ0n) is 11.2. The van der Waals surface area contributed by atoms with E-state index in [1.54, 1.807) is 0 Å². The molecular weight excluding hydrogens is 226 g/mol. The van der Waals surface area contributed by atoms with Gasteiger partial charge in [0.1, 0.15) is 0 Å². The highest BCUT2D eigenvalue weighted by molar-refractivity contribution is 5.78. The average molecular weight is 251 g/mol. The second-order valence-corrected chi connectivity index (χ2v) is 5.47. The van der Waals surface area contributed by atoms with Gasteiger partial charge in [-0.25, -0.2) is 0 Å². The van der Waals surface area contributed by atoms with Crippen LogP contribution < -0.4 is 5.73 Å². The van der Waals surface area contributed by atoms with Crippen molar-refractivity contribution < 1.29 is 4.74 Å². The summed E-state index contributed by atoms with van der Waals surface area (Å²) in [6.07, 6.45) is 8.26. The van der Waals surface area contributed by atoms with Gasteiger partial charge in [0.05, 0.1) is 13.2 Å². The van der Waals surface area contributed by atoms with Gasteiger partial charge >= 0.3 is 0 Å². The van der Waals surface area contributed by atoms with Gasteiger partial charge in [-0.3, -0.25) is 4.99 Å². The zero-order valence-corrected chi connectivity index (χ0v) is 11.2. The number of rotatable bonds is 4. The summed E-state index contributed by atoms with van der Waals surface area (Å²) in [5.41, 5.74) is 6.41. The van der Waals surface area contributed by atoms with Crippen molar-refractivity contribution in [2.75, 3.05) is 32.8 Å². The van der Waals surface area contributed by atoms with E-state index in [-0.39, 0.29) is 0 Å². The van der Waals surface area contributed by atoms with Crippen LogP contribution in [0, 0.1) is 5.41 Å². The number of nitrogens with zero attached hydrogens (tertiary/aromatic N) is 2. The molecule has 0 radical (unpaired) electrons. The molecule has 0 unspecified atom stereocenters. The first kappa shape index (κ1) is 13.4. The molecule has 2 N–H and O–H groups in total. The summed E-state index contributed by atoms with van der Waals surface area (Å²) in [5.74, 6) is 0.689. The average Bonchev–Trinajstić information content (AvgIpc) is 2.87. The number of morpholine rings is 1. The number of hydrogen-bond donors (Lipinski definition) is 1. The molecule has 1 saturated heterocycles. The minimum absolute atomic E-state index is 0.332. The van der Waals surface area contributed by atoms with Crippen LogP contribution in [0.3, 0.4) is 0 Å². The fraction of sp³-hybridized carbons (Fsp3) is 0.786. The molecular formula is C14H25N3O. The maximum absolute atomic E-state index is 6.08. The van der Waals surface area contributed by atoms with E-state index in [1.165, 1.54) is 25.7 Å². The molecule has 0 aromatic carbocycles. The number of guanidine groups is 1. The van der Waals surface area contributed by atoms with E-state index in [4.69, 9.17) is 10.5 Å². The van der Waals surface area contributed by atoms with Crippen LogP contribution in [-0.2, 0) is 4.74 Å². The van der Waals surface area contributed by atoms with E-state index >= 15 is 0 Å². The maximum Gasteiger partial charge on any atom is 0.191 e. The Kier molecular flexibility index (Phi) is 4.64. The van der Waals surface area contributed by atoms with E-state index in [9.17, 15) is 0 Å². The summed E-state index contributed by atoms with van der Waals surface area (Å²) in [5, 5.41) is 0. The SMILES string of the molecule is C=CCC1(CN=C(N)N2CCOCC2)CCCC1. The molecule has 2 aliphatic rings. The van der Waals surface area contributed by atoms with Gasteiger partial charge in [-0.15, -0.1) is 6.58 Å². The van der Waals surface area contributed by atoms with Gasteiger partial charge in [-0.05, 0) is 24.7 Å². The topological polar surface area (TPSA) is 50.8 Å². The fourth-order valence-corrected chi connectivity index (χ4v) is 3.00. The van der Waals surface area contributed by atoms with Crippen molar-refractivity contribution in [3.8, 4) is 0 Å². The Bertz CT molecular complexity index is 302. The molecule has 0 aromatic heterocycles. The molecule has 2 rings (SSSR count). The van der Waals surface area contributed by atoms with E-state index in [0.29, 0.717) is 11.4 Å². The number of nitrogens with two attached hydrogens (primary N) is 1. The fourth-order valence-electron chi connectivity index (χ4n) is 3.00. The maximum atomic E-state index is 6.08. The Morgan fingerprint density at radius 2 is 2.00 bits per heavy atom. The number of ether oxygens (including phenoxy) is 1. The molecule has 0 amide bonds. The monoisotopic (exact) mass is 251 g/mol. The van der Waals surface area contributed by atoms with Gasteiger partial charge in [-0.2, -0.15) is 0 Å². The molecule has 1 heterocycles. The minimum Gasteiger partial charge on any atom is -0.378 e. The van der Waals surface area contributed by atoms with Gasteiger partial charge in [0.15, 0.2) is 5.96 Å². The van der Waals surface area contributed by atoms with Gasteiger partial charge in [-0.1, -0.05) is 18.9 Å². The molecule has 18 heavy (non-hydrogen) atoms. The summed E-state index contributed by atoms with van der Waals surface area (Å²) in [4.78, 5) is 6.76. The molecule has 0 bridgehead atoms. The molecule has 2 fully saturated rings. The lowest BCUT2D eigenvalue weighted by Crippen LogP contribution is -2.45. The van der Waals surface area contributed by atoms with Gasteiger partial charge in [0, 0.05) is 19.6 Å². The van der Waals surface area contributed by atoms with Crippen LogP contribution in [0.4, 0.5) is 0 Å². The molecule has 0 spiro atoms. The molecule has 1 aliphatic carbocycles. The quantitative estimate of drug-likeness (QED) is 0.470. The van der Waals surface area contributed by atoms with Gasteiger partial charge in [0.2, 0.25) is 0 Å². The highest BCUT2D eigenvalue weighted by Gasteiger charge is 2.32. The van der Waals surface area contributed by atoms with E-state index < -0.39 is 0 Å². The van der Waals surface area contributed by atoms with Crippen molar-refractivity contribution in [3.05, 3.63) is 12.7 Å². The molecule has 102 valence electrons. The lowest BCUT2D eigenvalue weighted by atomic mass is 9.83. The van der Waals surface area contributed by atoms with Crippen LogP contribution >= 0.6 is 0 Å². The molecule has 0 atom stereocenters. The third-order valence-electron chi connectivity index (χ3n) is 4.15. The Hall–Kier alpha value is -1.03. The van der Waals surface area contributed by atoms with Gasteiger partial charge < -0.3 is 15.4 Å². The summed E-state index contributed by atoms with van der Waals surface area (Å²) in [6.45, 7) is 7.97. The van der Waals surface area contributed by atoms with E-state index in [2.05, 4.69) is 16.5 Å². The Morgan fingerprint density at radius 3 is 2.61 bits per heavy atom. The molecule has 0 aromatic rings. The number of aliphatic imine (C=N–C) groups is 1. The molecule has 1 saturated carbocycles. The van der Waals surface area contributed by atoms with Crippen molar-refractivity contribution in [1.82, 2.24) is 4.90 Å². The van der Waals surface area contributed by atoms with Crippen LogP contribution in [-0.4, -0.2) is 43.7 Å². The second kappa shape index (κ2) is 6.23. The summed E-state index contributed by atoms with van der Waals surface area (Å²) >= 11 is 0. The lowest BCUT2D eigenvalue weighted by Gasteiger charge is -2.30. The highest BCUT2D eigenvalue weighted by atomic mass is 16.5. The van der Waals surface area contributed by atoms with Crippen LogP contribution in [0.1, 0.15) is 32.1 Å². The second-order valence-electron chi connectivity index (χ2n) is 5.47. The standard InChI is InChI=1S/C14H25N3O/c1-2-5-14(6-3-4-7-14)12-16-13(15)17-8-10-18-11-9-17/h2H,1,3-12H2,(H2,15,16). The summed E-state index contributed by atoms with van der Waals surface area (Å²) in [6, 6.07) is 0. The molecule has 4 nitrogen and oxygen atoms in total. The lowest BCUT2D eigenvalue weighted by molar-refractivity contribution is 0.0673. The normalized spacial score (nSPS) is 24.2. The third kappa shape index (κ3) is 3.25. The summed E-state index contributed by atoms with van der Waals surface area (Å²) < 4.78 is 5.32. The summed E-state index contributed by atoms with van der Waals surface area (Å²) in [7, 11) is 0. The first-order valence-electron chi connectivity index (χ1n) is 6.99.